The second kappa shape index (κ2) is 5.27. The summed E-state index contributed by atoms with van der Waals surface area (Å²) >= 11 is 5.87. The molecule has 0 bridgehead atoms. The SMILES string of the molecule is O=C(O)c1c(F)n(-c2ccccc2)c2ccc(Cl)cc2c1=O. The molecule has 0 aliphatic rings. The summed E-state index contributed by atoms with van der Waals surface area (Å²) in [5, 5.41) is 9.48. The van der Waals surface area contributed by atoms with E-state index in [2.05, 4.69) is 0 Å². The number of fused-ring (bicyclic) bond motifs is 1. The number of pyridine rings is 1. The van der Waals surface area contributed by atoms with Crippen molar-refractivity contribution in [2.24, 2.45) is 0 Å². The van der Waals surface area contributed by atoms with Crippen molar-refractivity contribution in [2.45, 2.75) is 0 Å². The summed E-state index contributed by atoms with van der Waals surface area (Å²) in [5.41, 5.74) is -1.13. The fourth-order valence-corrected chi connectivity index (χ4v) is 2.52. The quantitative estimate of drug-likeness (QED) is 0.736. The van der Waals surface area contributed by atoms with E-state index in [9.17, 15) is 14.0 Å². The molecular weight excluding hydrogens is 309 g/mol. The third-order valence-corrected chi connectivity index (χ3v) is 3.54. The van der Waals surface area contributed by atoms with Crippen molar-refractivity contribution < 1.29 is 14.3 Å². The van der Waals surface area contributed by atoms with Crippen LogP contribution >= 0.6 is 11.6 Å². The molecule has 2 aromatic carbocycles. The minimum Gasteiger partial charge on any atom is -0.477 e. The summed E-state index contributed by atoms with van der Waals surface area (Å²) in [6, 6.07) is 12.7. The molecule has 0 saturated heterocycles. The van der Waals surface area contributed by atoms with Gasteiger partial charge in [-0.3, -0.25) is 9.36 Å². The predicted octanol–water partition coefficient (Wildman–Crippen LogP) is 3.48. The molecule has 1 heterocycles. The summed E-state index contributed by atoms with van der Waals surface area (Å²) in [6.07, 6.45) is 0. The van der Waals surface area contributed by atoms with E-state index in [0.717, 1.165) is 4.57 Å². The van der Waals surface area contributed by atoms with Gasteiger partial charge in [0, 0.05) is 16.1 Å². The number of aromatic nitrogens is 1. The number of hydrogen-bond acceptors (Lipinski definition) is 2. The molecule has 1 N–H and O–H groups in total. The minimum absolute atomic E-state index is 0.0511. The maximum Gasteiger partial charge on any atom is 0.344 e. The van der Waals surface area contributed by atoms with Crippen molar-refractivity contribution in [1.29, 1.82) is 0 Å². The summed E-state index contributed by atoms with van der Waals surface area (Å²) in [6.45, 7) is 0. The van der Waals surface area contributed by atoms with Crippen LogP contribution in [0.1, 0.15) is 10.4 Å². The Bertz CT molecular complexity index is 951. The van der Waals surface area contributed by atoms with Gasteiger partial charge < -0.3 is 5.11 Å². The standard InChI is InChI=1S/C16H9ClFNO3/c17-9-6-7-12-11(8-9)14(20)13(16(21)22)15(18)19(12)10-4-2-1-3-5-10/h1-8H,(H,21,22). The number of aromatic carboxylic acids is 1. The maximum atomic E-state index is 14.6. The van der Waals surface area contributed by atoms with Gasteiger partial charge in [0.1, 0.15) is 0 Å². The normalized spacial score (nSPS) is 10.8. The molecule has 0 aliphatic carbocycles. The van der Waals surface area contributed by atoms with E-state index in [1.807, 2.05) is 0 Å². The largest absolute Gasteiger partial charge is 0.477 e. The van der Waals surface area contributed by atoms with Crippen molar-refractivity contribution in [3.63, 3.8) is 0 Å². The first-order valence-electron chi connectivity index (χ1n) is 6.33. The highest BCUT2D eigenvalue weighted by Crippen LogP contribution is 2.23. The number of hydrogen-bond donors (Lipinski definition) is 1. The number of rotatable bonds is 2. The molecule has 3 aromatic rings. The van der Waals surface area contributed by atoms with E-state index in [0.29, 0.717) is 5.69 Å². The zero-order valence-corrected chi connectivity index (χ0v) is 11.8. The molecular formula is C16H9ClFNO3. The molecule has 3 rings (SSSR count). The zero-order chi connectivity index (χ0) is 15.9. The van der Waals surface area contributed by atoms with Crippen LogP contribution in [0.2, 0.25) is 5.02 Å². The fourth-order valence-electron chi connectivity index (χ4n) is 2.35. The lowest BCUT2D eigenvalue weighted by Crippen LogP contribution is -2.22. The molecule has 0 radical (unpaired) electrons. The van der Waals surface area contributed by atoms with Crippen molar-refractivity contribution in [2.75, 3.05) is 0 Å². The van der Waals surface area contributed by atoms with Gasteiger partial charge in [0.2, 0.25) is 11.4 Å². The van der Waals surface area contributed by atoms with E-state index in [-0.39, 0.29) is 15.9 Å². The van der Waals surface area contributed by atoms with Gasteiger partial charge in [-0.1, -0.05) is 29.8 Å². The monoisotopic (exact) mass is 317 g/mol. The van der Waals surface area contributed by atoms with Crippen LogP contribution in [-0.4, -0.2) is 15.6 Å². The van der Waals surface area contributed by atoms with Crippen molar-refractivity contribution in [3.8, 4) is 5.69 Å². The number of nitrogens with zero attached hydrogens (tertiary/aromatic N) is 1. The first-order chi connectivity index (χ1) is 10.5. The van der Waals surface area contributed by atoms with E-state index >= 15 is 0 Å². The van der Waals surface area contributed by atoms with Crippen LogP contribution in [0.4, 0.5) is 4.39 Å². The van der Waals surface area contributed by atoms with Crippen molar-refractivity contribution >= 4 is 28.5 Å². The zero-order valence-electron chi connectivity index (χ0n) is 11.1. The molecule has 0 aliphatic heterocycles. The fraction of sp³-hybridized carbons (Fsp3) is 0. The van der Waals surface area contributed by atoms with E-state index < -0.39 is 22.9 Å². The van der Waals surface area contributed by atoms with Crippen LogP contribution in [-0.2, 0) is 0 Å². The van der Waals surface area contributed by atoms with Gasteiger partial charge >= 0.3 is 5.97 Å². The van der Waals surface area contributed by atoms with Crippen LogP contribution in [0.3, 0.4) is 0 Å². The van der Waals surface area contributed by atoms with E-state index in [4.69, 9.17) is 16.7 Å². The minimum atomic E-state index is -1.62. The Morgan fingerprint density at radius 1 is 1.14 bits per heavy atom. The Labute approximate surface area is 129 Å². The second-order valence-electron chi connectivity index (χ2n) is 4.63. The van der Waals surface area contributed by atoms with E-state index in [1.165, 1.54) is 18.2 Å². The lowest BCUT2D eigenvalue weighted by atomic mass is 10.1. The van der Waals surface area contributed by atoms with Gasteiger partial charge in [-0.25, -0.2) is 4.79 Å². The highest BCUT2D eigenvalue weighted by atomic mass is 35.5. The molecule has 0 amide bonds. The van der Waals surface area contributed by atoms with Gasteiger partial charge in [-0.15, -0.1) is 0 Å². The molecule has 4 nitrogen and oxygen atoms in total. The molecule has 1 aromatic heterocycles. The summed E-state index contributed by atoms with van der Waals surface area (Å²) in [5.74, 6) is -2.73. The van der Waals surface area contributed by atoms with Gasteiger partial charge in [-0.2, -0.15) is 4.39 Å². The Balaban J connectivity index is 2.55. The van der Waals surface area contributed by atoms with Crippen molar-refractivity contribution in [3.05, 3.63) is 75.3 Å². The van der Waals surface area contributed by atoms with Gasteiger partial charge in [0.05, 0.1) is 5.52 Å². The molecule has 6 heteroatoms. The van der Waals surface area contributed by atoms with Gasteiger partial charge in [0.25, 0.3) is 0 Å². The maximum absolute atomic E-state index is 14.6. The van der Waals surface area contributed by atoms with Crippen LogP contribution in [0.25, 0.3) is 16.6 Å². The molecule has 22 heavy (non-hydrogen) atoms. The third kappa shape index (κ3) is 2.16. The molecule has 0 atom stereocenters. The van der Waals surface area contributed by atoms with Crippen LogP contribution in [0.15, 0.2) is 53.3 Å². The number of carbonyl (C=O) groups is 1. The summed E-state index contributed by atoms with van der Waals surface area (Å²) in [7, 11) is 0. The highest BCUT2D eigenvalue weighted by molar-refractivity contribution is 6.31. The molecule has 0 spiro atoms. The van der Waals surface area contributed by atoms with Crippen LogP contribution in [0, 0.1) is 5.95 Å². The number of carboxylic acids is 1. The first-order valence-corrected chi connectivity index (χ1v) is 6.71. The average Bonchev–Trinajstić information content (AvgIpc) is 2.49. The third-order valence-electron chi connectivity index (χ3n) is 3.30. The summed E-state index contributed by atoms with van der Waals surface area (Å²) < 4.78 is 15.7. The molecule has 0 saturated carbocycles. The Hall–Kier alpha value is -2.66. The van der Waals surface area contributed by atoms with Gasteiger partial charge in [-0.05, 0) is 30.3 Å². The highest BCUT2D eigenvalue weighted by Gasteiger charge is 2.23. The smallest absolute Gasteiger partial charge is 0.344 e. The Morgan fingerprint density at radius 2 is 1.82 bits per heavy atom. The van der Waals surface area contributed by atoms with Gasteiger partial charge in [0.15, 0.2) is 5.56 Å². The van der Waals surface area contributed by atoms with E-state index in [1.54, 1.807) is 30.3 Å². The lowest BCUT2D eigenvalue weighted by molar-refractivity contribution is 0.0689. The predicted molar refractivity (Wildman–Crippen MR) is 81.5 cm³/mol. The number of para-hydroxylation sites is 1. The number of halogens is 2. The Morgan fingerprint density at radius 3 is 2.45 bits per heavy atom. The molecule has 110 valence electrons. The topological polar surface area (TPSA) is 59.3 Å². The van der Waals surface area contributed by atoms with Crippen molar-refractivity contribution in [1.82, 2.24) is 4.57 Å². The molecule has 0 unspecified atom stereocenters. The average molecular weight is 318 g/mol. The number of benzene rings is 2. The van der Waals surface area contributed by atoms with Crippen LogP contribution < -0.4 is 5.43 Å². The lowest BCUT2D eigenvalue weighted by Gasteiger charge is -2.14. The molecule has 0 fully saturated rings. The Kier molecular flexibility index (Phi) is 3.42. The summed E-state index contributed by atoms with van der Waals surface area (Å²) in [4.78, 5) is 23.5. The second-order valence-corrected chi connectivity index (χ2v) is 5.07. The van der Waals surface area contributed by atoms with Crippen LogP contribution in [0.5, 0.6) is 0 Å². The number of carboxylic acid groups (broad SMARTS) is 1. The first kappa shape index (κ1) is 14.3.